The van der Waals surface area contributed by atoms with Gasteiger partial charge in [-0.2, -0.15) is 10.2 Å². The van der Waals surface area contributed by atoms with Gasteiger partial charge in [0.1, 0.15) is 12.3 Å². The van der Waals surface area contributed by atoms with Crippen molar-refractivity contribution in [3.05, 3.63) is 29.8 Å². The summed E-state index contributed by atoms with van der Waals surface area (Å²) in [6, 6.07) is 0. The van der Waals surface area contributed by atoms with Gasteiger partial charge in [-0.25, -0.2) is 9.48 Å². The van der Waals surface area contributed by atoms with Gasteiger partial charge in [-0.3, -0.25) is 9.48 Å². The molecule has 2 heterocycles. The van der Waals surface area contributed by atoms with Gasteiger partial charge in [0.25, 0.3) is 5.91 Å². The summed E-state index contributed by atoms with van der Waals surface area (Å²) in [5.74, 6) is -1.82. The first kappa shape index (κ1) is 14.7. The Bertz CT molecular complexity index is 660. The molecule has 9 heteroatoms. The molecule has 1 amide bonds. The van der Waals surface area contributed by atoms with Crippen LogP contribution < -0.4 is 5.32 Å². The summed E-state index contributed by atoms with van der Waals surface area (Å²) < 4.78 is 7.96. The van der Waals surface area contributed by atoms with Crippen molar-refractivity contribution in [3.63, 3.8) is 0 Å². The van der Waals surface area contributed by atoms with Crippen LogP contribution in [0.2, 0.25) is 0 Å². The molecular weight excluding hydrogens is 278 g/mol. The maximum absolute atomic E-state index is 12.1. The molecule has 2 aromatic heterocycles. The van der Waals surface area contributed by atoms with Crippen molar-refractivity contribution in [3.8, 4) is 0 Å². The summed E-state index contributed by atoms with van der Waals surface area (Å²) in [5, 5.41) is 19.4. The smallest absolute Gasteiger partial charge is 0.339 e. The van der Waals surface area contributed by atoms with Crippen molar-refractivity contribution in [2.45, 2.75) is 13.7 Å². The summed E-state index contributed by atoms with van der Waals surface area (Å²) in [4.78, 5) is 23.1. The molecule has 9 nitrogen and oxygen atoms in total. The third-order valence-corrected chi connectivity index (χ3v) is 2.59. The van der Waals surface area contributed by atoms with Crippen molar-refractivity contribution >= 4 is 17.6 Å². The Morgan fingerprint density at radius 2 is 2.19 bits per heavy atom. The molecule has 0 unspecified atom stereocenters. The summed E-state index contributed by atoms with van der Waals surface area (Å²) >= 11 is 0. The van der Waals surface area contributed by atoms with Gasteiger partial charge in [-0.05, 0) is 6.92 Å². The van der Waals surface area contributed by atoms with E-state index in [1.165, 1.54) is 21.8 Å². The van der Waals surface area contributed by atoms with Crippen LogP contribution in [-0.2, 0) is 18.5 Å². The van der Waals surface area contributed by atoms with Gasteiger partial charge in [0.05, 0.1) is 18.1 Å². The number of aromatic carboxylic acids is 1. The Kier molecular flexibility index (Phi) is 4.33. The van der Waals surface area contributed by atoms with E-state index in [1.54, 1.807) is 13.2 Å². The SMILES string of the molecule is CCOCn1cc(NC(=O)c2nn(C)cc2C(=O)O)cn1. The van der Waals surface area contributed by atoms with E-state index in [1.807, 2.05) is 6.92 Å². The highest BCUT2D eigenvalue weighted by Crippen LogP contribution is 2.11. The van der Waals surface area contributed by atoms with Gasteiger partial charge in [0.2, 0.25) is 0 Å². The van der Waals surface area contributed by atoms with Crippen molar-refractivity contribution in [1.29, 1.82) is 0 Å². The molecule has 0 saturated heterocycles. The van der Waals surface area contributed by atoms with E-state index < -0.39 is 11.9 Å². The number of carbonyl (C=O) groups is 2. The molecule has 2 aromatic rings. The molecule has 0 atom stereocenters. The van der Waals surface area contributed by atoms with Gasteiger partial charge in [0, 0.05) is 19.9 Å². The van der Waals surface area contributed by atoms with Crippen LogP contribution in [0.25, 0.3) is 0 Å². The van der Waals surface area contributed by atoms with Crippen molar-refractivity contribution in [2.75, 3.05) is 11.9 Å². The first-order valence-electron chi connectivity index (χ1n) is 6.19. The molecule has 112 valence electrons. The van der Waals surface area contributed by atoms with Gasteiger partial charge < -0.3 is 15.2 Å². The van der Waals surface area contributed by atoms with Crippen molar-refractivity contribution < 1.29 is 19.4 Å². The number of ether oxygens (including phenoxy) is 1. The number of hydrogen-bond donors (Lipinski definition) is 2. The number of nitrogens with one attached hydrogen (secondary N) is 1. The second-order valence-electron chi connectivity index (χ2n) is 4.21. The highest BCUT2D eigenvalue weighted by molar-refractivity contribution is 6.09. The van der Waals surface area contributed by atoms with Crippen LogP contribution in [0.5, 0.6) is 0 Å². The van der Waals surface area contributed by atoms with Crippen LogP contribution in [-0.4, -0.2) is 43.2 Å². The Balaban J connectivity index is 2.11. The van der Waals surface area contributed by atoms with E-state index in [4.69, 9.17) is 9.84 Å². The fourth-order valence-electron chi connectivity index (χ4n) is 1.69. The first-order chi connectivity index (χ1) is 10.0. The minimum absolute atomic E-state index is 0.150. The number of carboxylic acid groups (broad SMARTS) is 1. The highest BCUT2D eigenvalue weighted by atomic mass is 16.5. The number of rotatable bonds is 6. The van der Waals surface area contributed by atoms with E-state index >= 15 is 0 Å². The van der Waals surface area contributed by atoms with Crippen LogP contribution in [0.3, 0.4) is 0 Å². The van der Waals surface area contributed by atoms with Crippen molar-refractivity contribution in [1.82, 2.24) is 19.6 Å². The number of aromatic nitrogens is 4. The lowest BCUT2D eigenvalue weighted by Gasteiger charge is -2.01. The number of nitrogens with zero attached hydrogens (tertiary/aromatic N) is 4. The van der Waals surface area contributed by atoms with E-state index in [9.17, 15) is 9.59 Å². The Hall–Kier alpha value is -2.68. The molecule has 21 heavy (non-hydrogen) atoms. The van der Waals surface area contributed by atoms with Crippen LogP contribution in [0, 0.1) is 0 Å². The van der Waals surface area contributed by atoms with E-state index in [0.29, 0.717) is 12.3 Å². The minimum Gasteiger partial charge on any atom is -0.478 e. The fraction of sp³-hybridized carbons (Fsp3) is 0.333. The number of anilines is 1. The lowest BCUT2D eigenvalue weighted by molar-refractivity contribution is 0.0692. The maximum atomic E-state index is 12.1. The molecule has 2 N–H and O–H groups in total. The van der Waals surface area contributed by atoms with Crippen LogP contribution in [0.4, 0.5) is 5.69 Å². The lowest BCUT2D eigenvalue weighted by atomic mass is 10.2. The molecular formula is C12H15N5O4. The Labute approximate surface area is 120 Å². The third kappa shape index (κ3) is 3.45. The Morgan fingerprint density at radius 3 is 2.86 bits per heavy atom. The quantitative estimate of drug-likeness (QED) is 0.805. The number of carboxylic acids is 1. The molecule has 0 radical (unpaired) electrons. The molecule has 0 aliphatic rings. The van der Waals surface area contributed by atoms with Gasteiger partial charge in [-0.15, -0.1) is 0 Å². The molecule has 0 aliphatic carbocycles. The molecule has 0 fully saturated rings. The number of aryl methyl sites for hydroxylation is 1. The van der Waals surface area contributed by atoms with Crippen LogP contribution in [0.15, 0.2) is 18.6 Å². The molecule has 0 saturated carbocycles. The molecule has 0 aromatic carbocycles. The van der Waals surface area contributed by atoms with Crippen LogP contribution in [0.1, 0.15) is 27.8 Å². The lowest BCUT2D eigenvalue weighted by Crippen LogP contribution is -2.16. The second-order valence-corrected chi connectivity index (χ2v) is 4.21. The molecule has 2 rings (SSSR count). The largest absolute Gasteiger partial charge is 0.478 e. The van der Waals surface area contributed by atoms with Crippen LogP contribution >= 0.6 is 0 Å². The third-order valence-electron chi connectivity index (χ3n) is 2.59. The zero-order chi connectivity index (χ0) is 15.4. The highest BCUT2D eigenvalue weighted by Gasteiger charge is 2.21. The standard InChI is InChI=1S/C12H15N5O4/c1-3-21-7-17-5-8(4-13-17)14-11(18)10-9(12(19)20)6-16(2)15-10/h4-6H,3,7H2,1-2H3,(H,14,18)(H,19,20). The molecule has 0 spiro atoms. The van der Waals surface area contributed by atoms with Gasteiger partial charge in [0.15, 0.2) is 5.69 Å². The summed E-state index contributed by atoms with van der Waals surface area (Å²) in [6.07, 6.45) is 4.30. The second kappa shape index (κ2) is 6.18. The summed E-state index contributed by atoms with van der Waals surface area (Å²) in [5.41, 5.74) is 0.126. The van der Waals surface area contributed by atoms with Gasteiger partial charge in [-0.1, -0.05) is 0 Å². The average molecular weight is 293 g/mol. The van der Waals surface area contributed by atoms with E-state index in [-0.39, 0.29) is 18.0 Å². The first-order valence-corrected chi connectivity index (χ1v) is 6.19. The number of carbonyl (C=O) groups excluding carboxylic acids is 1. The minimum atomic E-state index is -1.21. The number of hydrogen-bond acceptors (Lipinski definition) is 5. The predicted molar refractivity (Wildman–Crippen MR) is 72.0 cm³/mol. The van der Waals surface area contributed by atoms with E-state index in [2.05, 4.69) is 15.5 Å². The fourth-order valence-corrected chi connectivity index (χ4v) is 1.69. The van der Waals surface area contributed by atoms with E-state index in [0.717, 1.165) is 0 Å². The maximum Gasteiger partial charge on any atom is 0.339 e. The molecule has 0 aliphatic heterocycles. The summed E-state index contributed by atoms with van der Waals surface area (Å²) in [6.45, 7) is 2.69. The average Bonchev–Trinajstić information content (AvgIpc) is 3.03. The Morgan fingerprint density at radius 1 is 1.43 bits per heavy atom. The normalized spacial score (nSPS) is 10.6. The predicted octanol–water partition coefficient (Wildman–Crippen LogP) is 0.561. The van der Waals surface area contributed by atoms with Crippen molar-refractivity contribution in [2.24, 2.45) is 7.05 Å². The molecule has 0 bridgehead atoms. The zero-order valence-corrected chi connectivity index (χ0v) is 11.6. The van der Waals surface area contributed by atoms with Gasteiger partial charge >= 0.3 is 5.97 Å². The number of amides is 1. The topological polar surface area (TPSA) is 111 Å². The summed E-state index contributed by atoms with van der Waals surface area (Å²) in [7, 11) is 1.54. The monoisotopic (exact) mass is 293 g/mol. The zero-order valence-electron chi connectivity index (χ0n) is 11.6.